The lowest BCUT2D eigenvalue weighted by Gasteiger charge is -2.14. The van der Waals surface area contributed by atoms with Crippen LogP contribution in [-0.2, 0) is 6.54 Å². The SMILES string of the molecule is CCC(C)NC(=S)Nc1nn(Cc2ccc(Cl)c(Cl)c2)cc1Cl. The molecule has 23 heavy (non-hydrogen) atoms. The Hall–Kier alpha value is -1.01. The van der Waals surface area contributed by atoms with E-state index in [2.05, 4.69) is 29.6 Å². The fourth-order valence-corrected chi connectivity index (χ4v) is 2.67. The molecule has 0 aliphatic rings. The lowest BCUT2D eigenvalue weighted by Crippen LogP contribution is -2.35. The van der Waals surface area contributed by atoms with Gasteiger partial charge in [-0.2, -0.15) is 5.10 Å². The fraction of sp³-hybridized carbons (Fsp3) is 0.333. The third-order valence-electron chi connectivity index (χ3n) is 3.27. The number of nitrogens with zero attached hydrogens (tertiary/aromatic N) is 2. The molecule has 0 fully saturated rings. The average molecular weight is 392 g/mol. The monoisotopic (exact) mass is 390 g/mol. The number of hydrogen-bond donors (Lipinski definition) is 2. The minimum absolute atomic E-state index is 0.284. The molecule has 0 bridgehead atoms. The van der Waals surface area contributed by atoms with Gasteiger partial charge in [0.15, 0.2) is 10.9 Å². The molecule has 0 aliphatic heterocycles. The molecule has 2 N–H and O–H groups in total. The minimum Gasteiger partial charge on any atom is -0.360 e. The number of nitrogens with one attached hydrogen (secondary N) is 2. The van der Waals surface area contributed by atoms with Gasteiger partial charge >= 0.3 is 0 Å². The van der Waals surface area contributed by atoms with Gasteiger partial charge < -0.3 is 10.6 Å². The maximum atomic E-state index is 6.20. The van der Waals surface area contributed by atoms with Crippen molar-refractivity contribution in [3.63, 3.8) is 0 Å². The molecule has 0 saturated heterocycles. The molecule has 124 valence electrons. The van der Waals surface area contributed by atoms with Gasteiger partial charge in [0.1, 0.15) is 5.02 Å². The van der Waals surface area contributed by atoms with Crippen LogP contribution in [0.4, 0.5) is 5.82 Å². The zero-order chi connectivity index (χ0) is 17.0. The van der Waals surface area contributed by atoms with Gasteiger partial charge in [0.2, 0.25) is 0 Å². The van der Waals surface area contributed by atoms with Crippen LogP contribution in [0.15, 0.2) is 24.4 Å². The molecule has 0 spiro atoms. The normalized spacial score (nSPS) is 12.0. The van der Waals surface area contributed by atoms with Crippen molar-refractivity contribution in [1.82, 2.24) is 15.1 Å². The van der Waals surface area contributed by atoms with Crippen molar-refractivity contribution in [2.75, 3.05) is 5.32 Å². The molecule has 1 heterocycles. The van der Waals surface area contributed by atoms with E-state index in [1.54, 1.807) is 16.9 Å². The number of halogens is 3. The first-order valence-corrected chi connectivity index (χ1v) is 8.67. The fourth-order valence-electron chi connectivity index (χ4n) is 1.86. The second kappa shape index (κ2) is 8.20. The van der Waals surface area contributed by atoms with Gasteiger partial charge in [-0.05, 0) is 43.3 Å². The lowest BCUT2D eigenvalue weighted by molar-refractivity contribution is 0.645. The highest BCUT2D eigenvalue weighted by atomic mass is 35.5. The summed E-state index contributed by atoms with van der Waals surface area (Å²) < 4.78 is 1.72. The Kier molecular flexibility index (Phi) is 6.53. The van der Waals surface area contributed by atoms with Gasteiger partial charge in [0.05, 0.1) is 16.6 Å². The van der Waals surface area contributed by atoms with E-state index < -0.39 is 0 Å². The largest absolute Gasteiger partial charge is 0.360 e. The first kappa shape index (κ1) is 18.3. The first-order chi connectivity index (χ1) is 10.9. The highest BCUT2D eigenvalue weighted by molar-refractivity contribution is 7.80. The molecule has 1 atom stereocenters. The summed E-state index contributed by atoms with van der Waals surface area (Å²) in [6, 6.07) is 5.75. The van der Waals surface area contributed by atoms with Gasteiger partial charge in [-0.15, -0.1) is 0 Å². The number of aromatic nitrogens is 2. The maximum absolute atomic E-state index is 6.20. The molecule has 2 aromatic rings. The van der Waals surface area contributed by atoms with E-state index >= 15 is 0 Å². The van der Waals surface area contributed by atoms with E-state index in [0.717, 1.165) is 12.0 Å². The van der Waals surface area contributed by atoms with Crippen molar-refractivity contribution in [3.8, 4) is 0 Å². The van der Waals surface area contributed by atoms with Crippen LogP contribution in [0.3, 0.4) is 0 Å². The predicted molar refractivity (Wildman–Crippen MR) is 102 cm³/mol. The topological polar surface area (TPSA) is 41.9 Å². The summed E-state index contributed by atoms with van der Waals surface area (Å²) in [5.41, 5.74) is 0.977. The van der Waals surface area contributed by atoms with Crippen molar-refractivity contribution in [3.05, 3.63) is 45.0 Å². The summed E-state index contributed by atoms with van der Waals surface area (Å²) in [5, 5.41) is 12.6. The summed E-state index contributed by atoms with van der Waals surface area (Å²) >= 11 is 23.4. The van der Waals surface area contributed by atoms with Crippen LogP contribution < -0.4 is 10.6 Å². The summed E-state index contributed by atoms with van der Waals surface area (Å²) in [7, 11) is 0. The Labute approximate surface area is 156 Å². The van der Waals surface area contributed by atoms with Crippen molar-refractivity contribution in [1.29, 1.82) is 0 Å². The van der Waals surface area contributed by atoms with E-state index in [1.807, 2.05) is 12.1 Å². The standard InChI is InChI=1S/C15H17Cl3N4S/c1-3-9(2)19-15(23)20-14-13(18)8-22(21-14)7-10-4-5-11(16)12(17)6-10/h4-6,8-9H,3,7H2,1-2H3,(H2,19,20,21,23). The smallest absolute Gasteiger partial charge is 0.173 e. The Morgan fingerprint density at radius 2 is 2.00 bits per heavy atom. The summed E-state index contributed by atoms with van der Waals surface area (Å²) in [6.07, 6.45) is 2.71. The van der Waals surface area contributed by atoms with Crippen molar-refractivity contribution < 1.29 is 0 Å². The molecule has 1 aromatic carbocycles. The van der Waals surface area contributed by atoms with Crippen molar-refractivity contribution in [2.45, 2.75) is 32.9 Å². The molecule has 1 unspecified atom stereocenters. The summed E-state index contributed by atoms with van der Waals surface area (Å²) in [5.74, 6) is 0.521. The summed E-state index contributed by atoms with van der Waals surface area (Å²) in [4.78, 5) is 0. The zero-order valence-corrected chi connectivity index (χ0v) is 15.8. The number of anilines is 1. The molecule has 1 aromatic heterocycles. The third kappa shape index (κ3) is 5.24. The summed E-state index contributed by atoms with van der Waals surface area (Å²) in [6.45, 7) is 4.67. The van der Waals surface area contributed by atoms with Gasteiger partial charge in [-0.3, -0.25) is 4.68 Å². The lowest BCUT2D eigenvalue weighted by atomic mass is 10.2. The van der Waals surface area contributed by atoms with Crippen LogP contribution in [0.1, 0.15) is 25.8 Å². The second-order valence-electron chi connectivity index (χ2n) is 5.18. The maximum Gasteiger partial charge on any atom is 0.173 e. The Morgan fingerprint density at radius 3 is 2.65 bits per heavy atom. The molecule has 0 radical (unpaired) electrons. The van der Waals surface area contributed by atoms with E-state index in [0.29, 0.717) is 32.5 Å². The van der Waals surface area contributed by atoms with Gasteiger partial charge in [-0.1, -0.05) is 47.8 Å². The molecule has 4 nitrogen and oxygen atoms in total. The van der Waals surface area contributed by atoms with Crippen LogP contribution in [0.25, 0.3) is 0 Å². The minimum atomic E-state index is 0.284. The van der Waals surface area contributed by atoms with E-state index in [-0.39, 0.29) is 6.04 Å². The molecule has 0 saturated carbocycles. The first-order valence-electron chi connectivity index (χ1n) is 7.13. The molecular formula is C15H17Cl3N4S. The van der Waals surface area contributed by atoms with Crippen LogP contribution >= 0.6 is 47.0 Å². The molecule has 0 aliphatic carbocycles. The van der Waals surface area contributed by atoms with Crippen LogP contribution in [-0.4, -0.2) is 20.9 Å². The quantitative estimate of drug-likeness (QED) is 0.706. The Balaban J connectivity index is 2.05. The van der Waals surface area contributed by atoms with E-state index in [1.165, 1.54) is 0 Å². The molecular weight excluding hydrogens is 375 g/mol. The van der Waals surface area contributed by atoms with Gasteiger partial charge in [-0.25, -0.2) is 0 Å². The molecule has 8 heteroatoms. The van der Waals surface area contributed by atoms with Crippen LogP contribution in [0, 0.1) is 0 Å². The van der Waals surface area contributed by atoms with E-state index in [9.17, 15) is 0 Å². The second-order valence-corrected chi connectivity index (χ2v) is 6.81. The number of thiocarbonyl (C=S) groups is 1. The van der Waals surface area contributed by atoms with Crippen LogP contribution in [0.5, 0.6) is 0 Å². The Morgan fingerprint density at radius 1 is 1.26 bits per heavy atom. The average Bonchev–Trinajstić information content (AvgIpc) is 2.82. The highest BCUT2D eigenvalue weighted by Gasteiger charge is 2.10. The number of rotatable bonds is 5. The van der Waals surface area contributed by atoms with Gasteiger partial charge in [0.25, 0.3) is 0 Å². The third-order valence-corrected chi connectivity index (χ3v) is 4.50. The van der Waals surface area contributed by atoms with Gasteiger partial charge in [0, 0.05) is 12.2 Å². The predicted octanol–water partition coefficient (Wildman–Crippen LogP) is 4.98. The number of hydrogen-bond acceptors (Lipinski definition) is 2. The molecule has 2 rings (SSSR count). The zero-order valence-electron chi connectivity index (χ0n) is 12.7. The van der Waals surface area contributed by atoms with Crippen LogP contribution in [0.2, 0.25) is 15.1 Å². The van der Waals surface area contributed by atoms with E-state index in [4.69, 9.17) is 47.0 Å². The highest BCUT2D eigenvalue weighted by Crippen LogP contribution is 2.24. The van der Waals surface area contributed by atoms with Crippen molar-refractivity contribution in [2.24, 2.45) is 0 Å². The van der Waals surface area contributed by atoms with Crippen molar-refractivity contribution >= 4 is 58.0 Å². The number of benzene rings is 1. The molecule has 0 amide bonds. The Bertz CT molecular complexity index is 702.